The molecule has 1 heterocycles. The number of hydrogen-bond donors (Lipinski definition) is 5. The number of carbonyl (C=O) groups is 3. The van der Waals surface area contributed by atoms with Crippen molar-refractivity contribution < 1.29 is 50.4 Å². The minimum absolute atomic E-state index is 0.0447. The minimum Gasteiger partial charge on any atom is -0.445 e. The summed E-state index contributed by atoms with van der Waals surface area (Å²) < 4.78 is 75.9. The first-order valence-electron chi connectivity index (χ1n) is 11.4. The van der Waals surface area contributed by atoms with E-state index in [1.165, 1.54) is 6.07 Å². The van der Waals surface area contributed by atoms with Gasteiger partial charge in [0.15, 0.2) is 0 Å². The molecular formula is C22H30F3N3O8S. The maximum atomic E-state index is 12.9. The van der Waals surface area contributed by atoms with Crippen molar-refractivity contribution in [3.8, 4) is 0 Å². The van der Waals surface area contributed by atoms with E-state index in [2.05, 4.69) is 16.0 Å². The number of ether oxygens (including phenoxy) is 1. The lowest BCUT2D eigenvalue weighted by Crippen LogP contribution is -2.54. The third-order valence-electron chi connectivity index (χ3n) is 5.62. The normalized spacial score (nSPS) is 18.6. The Morgan fingerprint density at radius 3 is 2.46 bits per heavy atom. The number of nitrogens with one attached hydrogen (secondary N) is 3. The summed E-state index contributed by atoms with van der Waals surface area (Å²) in [5.74, 6) is -2.21. The van der Waals surface area contributed by atoms with Crippen molar-refractivity contribution in [3.05, 3.63) is 35.4 Å². The summed E-state index contributed by atoms with van der Waals surface area (Å²) in [5, 5.41) is 17.2. The Hall–Kier alpha value is -2.91. The lowest BCUT2D eigenvalue weighted by atomic mass is 9.97. The SMILES string of the molecule is CC(C)C[C@H](NC(=O)OCc1cccc(C(F)(F)F)c1)C(=O)N[C@@H](C[C@@H]1CCNC1=O)[C@@H](O)S(=O)(=O)O. The van der Waals surface area contributed by atoms with E-state index in [0.717, 1.165) is 18.2 Å². The number of alkyl carbamates (subject to hydrolysis) is 1. The third-order valence-corrected chi connectivity index (χ3v) is 6.56. The Bertz CT molecular complexity index is 1080. The van der Waals surface area contributed by atoms with Crippen LogP contribution in [0.3, 0.4) is 0 Å². The summed E-state index contributed by atoms with van der Waals surface area (Å²) in [6.07, 6.45) is -5.64. The van der Waals surface area contributed by atoms with Gasteiger partial charge in [-0.05, 0) is 42.9 Å². The predicted octanol–water partition coefficient (Wildman–Crippen LogP) is 1.56. The van der Waals surface area contributed by atoms with Crippen molar-refractivity contribution in [1.29, 1.82) is 0 Å². The number of benzene rings is 1. The summed E-state index contributed by atoms with van der Waals surface area (Å²) in [6.45, 7) is 3.25. The zero-order chi connectivity index (χ0) is 28.0. The molecule has 1 fully saturated rings. The molecule has 1 aromatic rings. The quantitative estimate of drug-likeness (QED) is 0.257. The van der Waals surface area contributed by atoms with Gasteiger partial charge in [-0.25, -0.2) is 4.79 Å². The topological polar surface area (TPSA) is 171 Å². The Morgan fingerprint density at radius 1 is 1.24 bits per heavy atom. The second-order valence-corrected chi connectivity index (χ2v) is 10.6. The third kappa shape index (κ3) is 9.48. The molecule has 1 aliphatic rings. The van der Waals surface area contributed by atoms with E-state index in [1.54, 1.807) is 13.8 Å². The van der Waals surface area contributed by atoms with Gasteiger partial charge in [0.2, 0.25) is 17.3 Å². The Morgan fingerprint density at radius 2 is 1.92 bits per heavy atom. The molecule has 1 aromatic carbocycles. The standard InChI is InChI=1S/C22H30F3N3O8S/c1-12(2)8-16(28-21(32)36-11-13-4-3-5-15(9-13)22(23,24)25)19(30)27-17(20(31)37(33,34)35)10-14-6-7-26-18(14)29/h3-5,9,12,14,16-17,20,31H,6-8,10-11H2,1-2H3,(H,26,29)(H,27,30)(H,28,32)(H,33,34,35)/t14-,16-,17-,20-/m0/s1. The van der Waals surface area contributed by atoms with E-state index in [9.17, 15) is 45.6 Å². The van der Waals surface area contributed by atoms with Crippen LogP contribution in [0.1, 0.15) is 44.2 Å². The van der Waals surface area contributed by atoms with Crippen LogP contribution in [0.5, 0.6) is 0 Å². The Labute approximate surface area is 211 Å². The van der Waals surface area contributed by atoms with Gasteiger partial charge in [-0.2, -0.15) is 21.6 Å². The van der Waals surface area contributed by atoms with Crippen LogP contribution in [0.2, 0.25) is 0 Å². The number of alkyl halides is 3. The lowest BCUT2D eigenvalue weighted by Gasteiger charge is -2.27. The van der Waals surface area contributed by atoms with Crippen molar-refractivity contribution in [2.24, 2.45) is 11.8 Å². The van der Waals surface area contributed by atoms with Crippen molar-refractivity contribution in [2.45, 2.75) is 63.4 Å². The van der Waals surface area contributed by atoms with Gasteiger partial charge < -0.3 is 25.8 Å². The fourth-order valence-corrected chi connectivity index (χ4v) is 4.38. The van der Waals surface area contributed by atoms with Crippen molar-refractivity contribution >= 4 is 28.0 Å². The maximum absolute atomic E-state index is 12.9. The zero-order valence-electron chi connectivity index (χ0n) is 20.1. The molecule has 37 heavy (non-hydrogen) atoms. The van der Waals surface area contributed by atoms with E-state index in [1.807, 2.05) is 0 Å². The average Bonchev–Trinajstić information content (AvgIpc) is 3.19. The van der Waals surface area contributed by atoms with Gasteiger partial charge in [0, 0.05) is 12.5 Å². The highest BCUT2D eigenvalue weighted by molar-refractivity contribution is 7.86. The van der Waals surface area contributed by atoms with Crippen LogP contribution in [-0.4, -0.2) is 60.0 Å². The second-order valence-electron chi connectivity index (χ2n) is 9.13. The highest BCUT2D eigenvalue weighted by Gasteiger charge is 2.38. The van der Waals surface area contributed by atoms with Crippen LogP contribution in [-0.2, 0) is 37.2 Å². The first kappa shape index (κ1) is 30.3. The maximum Gasteiger partial charge on any atom is 0.416 e. The molecule has 0 bridgehead atoms. The number of carbonyl (C=O) groups excluding carboxylic acids is 3. The number of hydrogen-bond acceptors (Lipinski definition) is 7. The van der Waals surface area contributed by atoms with E-state index in [-0.39, 0.29) is 24.3 Å². The highest BCUT2D eigenvalue weighted by atomic mass is 32.2. The highest BCUT2D eigenvalue weighted by Crippen LogP contribution is 2.29. The molecular weight excluding hydrogens is 523 g/mol. The van der Waals surface area contributed by atoms with E-state index in [4.69, 9.17) is 4.74 Å². The molecule has 2 rings (SSSR count). The first-order chi connectivity index (χ1) is 17.1. The van der Waals surface area contributed by atoms with E-state index >= 15 is 0 Å². The van der Waals surface area contributed by atoms with Gasteiger partial charge in [-0.3, -0.25) is 14.1 Å². The number of rotatable bonds is 11. The van der Waals surface area contributed by atoms with Crippen molar-refractivity contribution in [3.63, 3.8) is 0 Å². The first-order valence-corrected chi connectivity index (χ1v) is 12.9. The minimum atomic E-state index is -5.01. The monoisotopic (exact) mass is 553 g/mol. The second kappa shape index (κ2) is 12.6. The fourth-order valence-electron chi connectivity index (χ4n) is 3.79. The largest absolute Gasteiger partial charge is 0.445 e. The van der Waals surface area contributed by atoms with Gasteiger partial charge in [0.05, 0.1) is 11.6 Å². The molecule has 208 valence electrons. The number of amides is 3. The van der Waals surface area contributed by atoms with Crippen LogP contribution < -0.4 is 16.0 Å². The van der Waals surface area contributed by atoms with Crippen LogP contribution in [0.25, 0.3) is 0 Å². The molecule has 15 heteroatoms. The number of aliphatic hydroxyl groups is 1. The van der Waals surface area contributed by atoms with Gasteiger partial charge >= 0.3 is 12.3 Å². The van der Waals surface area contributed by atoms with Crippen LogP contribution in [0.15, 0.2) is 24.3 Å². The zero-order valence-corrected chi connectivity index (χ0v) is 20.9. The summed E-state index contributed by atoms with van der Waals surface area (Å²) in [5.41, 5.74) is -3.30. The molecule has 0 aromatic heterocycles. The summed E-state index contributed by atoms with van der Waals surface area (Å²) >= 11 is 0. The van der Waals surface area contributed by atoms with E-state index < -0.39 is 69.8 Å². The molecule has 0 spiro atoms. The van der Waals surface area contributed by atoms with Crippen LogP contribution in [0, 0.1) is 11.8 Å². The van der Waals surface area contributed by atoms with Gasteiger partial charge in [0.25, 0.3) is 10.1 Å². The predicted molar refractivity (Wildman–Crippen MR) is 123 cm³/mol. The van der Waals surface area contributed by atoms with Gasteiger partial charge in [0.1, 0.15) is 12.6 Å². The molecule has 0 aliphatic carbocycles. The molecule has 1 aliphatic heterocycles. The molecule has 5 N–H and O–H groups in total. The molecule has 0 saturated carbocycles. The summed E-state index contributed by atoms with van der Waals surface area (Å²) in [4.78, 5) is 37.2. The number of halogens is 3. The van der Waals surface area contributed by atoms with Crippen molar-refractivity contribution in [1.82, 2.24) is 16.0 Å². The Kier molecular flexibility index (Phi) is 10.3. The average molecular weight is 554 g/mol. The Balaban J connectivity index is 2.10. The van der Waals surface area contributed by atoms with Gasteiger partial charge in [-0.1, -0.05) is 26.0 Å². The molecule has 3 amide bonds. The van der Waals surface area contributed by atoms with Crippen molar-refractivity contribution in [2.75, 3.05) is 6.54 Å². The van der Waals surface area contributed by atoms with Gasteiger partial charge in [-0.15, -0.1) is 0 Å². The lowest BCUT2D eigenvalue weighted by molar-refractivity contribution is -0.137. The smallest absolute Gasteiger partial charge is 0.416 e. The fraction of sp³-hybridized carbons (Fsp3) is 0.591. The molecule has 4 atom stereocenters. The molecule has 0 unspecified atom stereocenters. The van der Waals surface area contributed by atoms with Crippen LogP contribution >= 0.6 is 0 Å². The molecule has 1 saturated heterocycles. The van der Waals surface area contributed by atoms with E-state index in [0.29, 0.717) is 13.0 Å². The van der Waals surface area contributed by atoms with Crippen LogP contribution in [0.4, 0.5) is 18.0 Å². The molecule has 11 nitrogen and oxygen atoms in total. The number of aliphatic hydroxyl groups excluding tert-OH is 1. The summed E-state index contributed by atoms with van der Waals surface area (Å²) in [6, 6.07) is 1.28. The summed E-state index contributed by atoms with van der Waals surface area (Å²) in [7, 11) is -5.01. The molecule has 0 radical (unpaired) electrons.